The largest absolute Gasteiger partial charge is 0.285 e. The molecule has 1 N–H and O–H groups in total. The fourth-order valence-electron chi connectivity index (χ4n) is 2.30. The van der Waals surface area contributed by atoms with Crippen molar-refractivity contribution in [1.82, 2.24) is 15.1 Å². The van der Waals surface area contributed by atoms with E-state index < -0.39 is 0 Å². The molecule has 5 heteroatoms. The predicted molar refractivity (Wildman–Crippen MR) is 68.7 cm³/mol. The highest BCUT2D eigenvalue weighted by Crippen LogP contribution is 2.22. The molecule has 0 aliphatic carbocycles. The molecule has 0 unspecified atom stereocenters. The van der Waals surface area contributed by atoms with Crippen LogP contribution in [-0.4, -0.2) is 33.5 Å². The van der Waals surface area contributed by atoms with Crippen LogP contribution in [0.3, 0.4) is 0 Å². The quantitative estimate of drug-likeness (QED) is 0.844. The second kappa shape index (κ2) is 4.68. The Balaban J connectivity index is 1.67. The summed E-state index contributed by atoms with van der Waals surface area (Å²) < 4.78 is 0. The Kier molecular flexibility index (Phi) is 2.87. The van der Waals surface area contributed by atoms with Crippen LogP contribution < -0.4 is 0 Å². The van der Waals surface area contributed by atoms with Gasteiger partial charge in [0, 0.05) is 12.7 Å². The zero-order valence-electron chi connectivity index (χ0n) is 10.3. The monoisotopic (exact) mass is 255 g/mol. The Morgan fingerprint density at radius 1 is 1.11 bits per heavy atom. The third-order valence-corrected chi connectivity index (χ3v) is 3.28. The van der Waals surface area contributed by atoms with Gasteiger partial charge < -0.3 is 0 Å². The van der Waals surface area contributed by atoms with Gasteiger partial charge in [-0.15, -0.1) is 0 Å². The van der Waals surface area contributed by atoms with Crippen molar-refractivity contribution in [2.24, 2.45) is 0 Å². The number of rotatable bonds is 4. The van der Waals surface area contributed by atoms with E-state index >= 15 is 0 Å². The SMILES string of the molecule is O=C1c2ccccc2C(=O)N1CCCc1cn[nH]c1. The summed E-state index contributed by atoms with van der Waals surface area (Å²) in [5, 5.41) is 6.60. The molecule has 0 spiro atoms. The van der Waals surface area contributed by atoms with Crippen molar-refractivity contribution in [3.8, 4) is 0 Å². The Morgan fingerprint density at radius 2 is 1.79 bits per heavy atom. The van der Waals surface area contributed by atoms with E-state index in [0.29, 0.717) is 17.7 Å². The summed E-state index contributed by atoms with van der Waals surface area (Å²) in [6.45, 7) is 0.442. The number of carbonyl (C=O) groups excluding carboxylic acids is 2. The van der Waals surface area contributed by atoms with Gasteiger partial charge in [0.25, 0.3) is 11.8 Å². The molecule has 0 saturated carbocycles. The topological polar surface area (TPSA) is 66.1 Å². The molecule has 1 aliphatic heterocycles. The van der Waals surface area contributed by atoms with Crippen LogP contribution in [0.25, 0.3) is 0 Å². The summed E-state index contributed by atoms with van der Waals surface area (Å²) in [4.78, 5) is 25.5. The van der Waals surface area contributed by atoms with Gasteiger partial charge in [-0.05, 0) is 30.5 Å². The maximum absolute atomic E-state index is 12.1. The Hall–Kier alpha value is -2.43. The second-order valence-electron chi connectivity index (χ2n) is 4.52. The van der Waals surface area contributed by atoms with Gasteiger partial charge in [0.2, 0.25) is 0 Å². The first-order chi connectivity index (χ1) is 9.27. The van der Waals surface area contributed by atoms with Crippen molar-refractivity contribution in [2.45, 2.75) is 12.8 Å². The normalized spacial score (nSPS) is 14.0. The third kappa shape index (κ3) is 2.03. The average molecular weight is 255 g/mol. The Bertz CT molecular complexity index is 584. The fourth-order valence-corrected chi connectivity index (χ4v) is 2.30. The van der Waals surface area contributed by atoms with E-state index in [-0.39, 0.29) is 11.8 Å². The van der Waals surface area contributed by atoms with Crippen molar-refractivity contribution >= 4 is 11.8 Å². The minimum atomic E-state index is -0.187. The zero-order valence-corrected chi connectivity index (χ0v) is 10.3. The molecule has 0 atom stereocenters. The molecule has 19 heavy (non-hydrogen) atoms. The van der Waals surface area contributed by atoms with Crippen LogP contribution >= 0.6 is 0 Å². The molecule has 2 heterocycles. The number of aromatic amines is 1. The van der Waals surface area contributed by atoms with Gasteiger partial charge in [-0.2, -0.15) is 5.10 Å². The smallest absolute Gasteiger partial charge is 0.261 e. The first kappa shape index (κ1) is 11.6. The summed E-state index contributed by atoms with van der Waals surface area (Å²) in [5.41, 5.74) is 2.10. The number of aromatic nitrogens is 2. The Morgan fingerprint density at radius 3 is 2.37 bits per heavy atom. The maximum Gasteiger partial charge on any atom is 0.261 e. The molecule has 5 nitrogen and oxygen atoms in total. The van der Waals surface area contributed by atoms with E-state index in [1.807, 2.05) is 6.20 Å². The summed E-state index contributed by atoms with van der Waals surface area (Å²) in [6, 6.07) is 6.95. The van der Waals surface area contributed by atoms with Crippen molar-refractivity contribution < 1.29 is 9.59 Å². The number of imide groups is 1. The van der Waals surface area contributed by atoms with Crippen molar-refractivity contribution in [2.75, 3.05) is 6.54 Å². The molecule has 1 aromatic carbocycles. The van der Waals surface area contributed by atoms with E-state index in [1.165, 1.54) is 4.90 Å². The molecular weight excluding hydrogens is 242 g/mol. The van der Waals surface area contributed by atoms with E-state index in [2.05, 4.69) is 10.2 Å². The van der Waals surface area contributed by atoms with Gasteiger partial charge >= 0.3 is 0 Å². The van der Waals surface area contributed by atoms with E-state index in [0.717, 1.165) is 18.4 Å². The standard InChI is InChI=1S/C14H13N3O2/c18-13-11-5-1-2-6-12(11)14(19)17(13)7-3-4-10-8-15-16-9-10/h1-2,5-6,8-9H,3-4,7H2,(H,15,16). The van der Waals surface area contributed by atoms with Crippen molar-refractivity contribution in [3.63, 3.8) is 0 Å². The van der Waals surface area contributed by atoms with Gasteiger partial charge in [0.05, 0.1) is 17.3 Å². The fraction of sp³-hybridized carbons (Fsp3) is 0.214. The second-order valence-corrected chi connectivity index (χ2v) is 4.52. The van der Waals surface area contributed by atoms with E-state index in [1.54, 1.807) is 30.5 Å². The van der Waals surface area contributed by atoms with Crippen LogP contribution in [-0.2, 0) is 6.42 Å². The molecule has 0 radical (unpaired) electrons. The number of benzene rings is 1. The number of hydrogen-bond acceptors (Lipinski definition) is 3. The number of fused-ring (bicyclic) bond motifs is 1. The summed E-state index contributed by atoms with van der Waals surface area (Å²) in [5.74, 6) is -0.374. The molecule has 0 saturated heterocycles. The molecule has 0 bridgehead atoms. The highest BCUT2D eigenvalue weighted by atomic mass is 16.2. The van der Waals surface area contributed by atoms with Gasteiger partial charge in [-0.3, -0.25) is 19.6 Å². The molecule has 1 aliphatic rings. The molecule has 0 fully saturated rings. The van der Waals surface area contributed by atoms with Gasteiger partial charge in [-0.25, -0.2) is 0 Å². The van der Waals surface area contributed by atoms with Crippen molar-refractivity contribution in [1.29, 1.82) is 0 Å². The highest BCUT2D eigenvalue weighted by Gasteiger charge is 2.34. The number of H-pyrrole nitrogens is 1. The van der Waals surface area contributed by atoms with Crippen LogP contribution in [0.4, 0.5) is 0 Å². The van der Waals surface area contributed by atoms with E-state index in [4.69, 9.17) is 0 Å². The maximum atomic E-state index is 12.1. The number of nitrogens with zero attached hydrogens (tertiary/aromatic N) is 2. The third-order valence-electron chi connectivity index (χ3n) is 3.28. The number of nitrogens with one attached hydrogen (secondary N) is 1. The Labute approximate surface area is 110 Å². The molecule has 3 rings (SSSR count). The number of amides is 2. The van der Waals surface area contributed by atoms with Crippen LogP contribution in [0.15, 0.2) is 36.7 Å². The first-order valence-corrected chi connectivity index (χ1v) is 6.20. The lowest BCUT2D eigenvalue weighted by molar-refractivity contribution is 0.0652. The molecule has 1 aromatic heterocycles. The van der Waals surface area contributed by atoms with Gasteiger partial charge in [0.1, 0.15) is 0 Å². The minimum Gasteiger partial charge on any atom is -0.285 e. The average Bonchev–Trinajstić information content (AvgIpc) is 3.02. The lowest BCUT2D eigenvalue weighted by atomic mass is 10.1. The predicted octanol–water partition coefficient (Wildman–Crippen LogP) is 1.64. The highest BCUT2D eigenvalue weighted by molar-refractivity contribution is 6.21. The number of hydrogen-bond donors (Lipinski definition) is 1. The minimum absolute atomic E-state index is 0.187. The van der Waals surface area contributed by atoms with E-state index in [9.17, 15) is 9.59 Å². The first-order valence-electron chi connectivity index (χ1n) is 6.20. The van der Waals surface area contributed by atoms with Crippen LogP contribution in [0.2, 0.25) is 0 Å². The lowest BCUT2D eigenvalue weighted by Gasteiger charge is -2.12. The van der Waals surface area contributed by atoms with Crippen LogP contribution in [0.5, 0.6) is 0 Å². The molecule has 2 aromatic rings. The zero-order chi connectivity index (χ0) is 13.2. The summed E-state index contributed by atoms with van der Waals surface area (Å²) in [7, 11) is 0. The van der Waals surface area contributed by atoms with Gasteiger partial charge in [0.15, 0.2) is 0 Å². The number of aryl methyl sites for hydroxylation is 1. The van der Waals surface area contributed by atoms with Crippen LogP contribution in [0.1, 0.15) is 32.7 Å². The summed E-state index contributed by atoms with van der Waals surface area (Å²) in [6.07, 6.45) is 5.11. The van der Waals surface area contributed by atoms with Crippen molar-refractivity contribution in [3.05, 3.63) is 53.3 Å². The molecule has 2 amide bonds. The summed E-state index contributed by atoms with van der Waals surface area (Å²) >= 11 is 0. The van der Waals surface area contributed by atoms with Gasteiger partial charge in [-0.1, -0.05) is 12.1 Å². The lowest BCUT2D eigenvalue weighted by Crippen LogP contribution is -2.30. The molecule has 96 valence electrons. The number of carbonyl (C=O) groups is 2. The van der Waals surface area contributed by atoms with Crippen LogP contribution in [0, 0.1) is 0 Å². The molecular formula is C14H13N3O2.